The van der Waals surface area contributed by atoms with Gasteiger partial charge in [-0.1, -0.05) is 47.5 Å². The molecule has 2 aliphatic rings. The Kier molecular flexibility index (Phi) is 4.00. The lowest BCUT2D eigenvalue weighted by molar-refractivity contribution is 0.313. The minimum atomic E-state index is 0.849. The van der Waals surface area contributed by atoms with Crippen molar-refractivity contribution < 1.29 is 0 Å². The smallest absolute Gasteiger partial charge is 0.0409 e. The molecule has 0 bridgehead atoms. The lowest BCUT2D eigenvalue weighted by Crippen LogP contribution is -2.27. The molecule has 0 atom stereocenters. The Bertz CT molecular complexity index is 765. The van der Waals surface area contributed by atoms with Gasteiger partial charge in [-0.05, 0) is 72.7 Å². The van der Waals surface area contributed by atoms with Gasteiger partial charge in [-0.2, -0.15) is 0 Å². The van der Waals surface area contributed by atoms with Gasteiger partial charge in [0.05, 0.1) is 0 Å². The summed E-state index contributed by atoms with van der Waals surface area (Å²) in [7, 11) is 2.22. The quantitative estimate of drug-likeness (QED) is 0.662. The first-order valence-electron chi connectivity index (χ1n) is 8.50. The average molecular weight is 324 g/mol. The number of fused-ring (bicyclic) bond motifs is 2. The van der Waals surface area contributed by atoms with Crippen molar-refractivity contribution >= 4 is 17.2 Å². The van der Waals surface area contributed by atoms with Crippen molar-refractivity contribution in [3.05, 3.63) is 75.3 Å². The first-order valence-corrected chi connectivity index (χ1v) is 8.88. The summed E-state index contributed by atoms with van der Waals surface area (Å²) in [6.45, 7) is 2.31. The van der Waals surface area contributed by atoms with Gasteiger partial charge in [0.1, 0.15) is 0 Å². The van der Waals surface area contributed by atoms with Crippen molar-refractivity contribution in [2.75, 3.05) is 20.1 Å². The number of hydrogen-bond donors (Lipinski definition) is 0. The Labute approximate surface area is 143 Å². The van der Waals surface area contributed by atoms with Crippen LogP contribution in [0.4, 0.5) is 0 Å². The van der Waals surface area contributed by atoms with Crippen LogP contribution in [0.2, 0.25) is 5.02 Å². The molecule has 0 N–H and O–H groups in total. The zero-order valence-corrected chi connectivity index (χ0v) is 14.4. The normalized spacial score (nSPS) is 18.3. The Morgan fingerprint density at radius 1 is 0.826 bits per heavy atom. The van der Waals surface area contributed by atoms with Gasteiger partial charge in [-0.3, -0.25) is 0 Å². The largest absolute Gasteiger partial charge is 0.306 e. The Morgan fingerprint density at radius 2 is 1.52 bits per heavy atom. The predicted molar refractivity (Wildman–Crippen MR) is 98.1 cm³/mol. The minimum Gasteiger partial charge on any atom is -0.306 e. The Hall–Kier alpha value is -1.57. The number of benzene rings is 2. The Morgan fingerprint density at radius 3 is 2.35 bits per heavy atom. The molecule has 2 heteroatoms. The van der Waals surface area contributed by atoms with Crippen molar-refractivity contribution in [3.63, 3.8) is 0 Å². The van der Waals surface area contributed by atoms with Gasteiger partial charge < -0.3 is 4.90 Å². The number of piperidine rings is 1. The molecule has 1 nitrogen and oxygen atoms in total. The SMILES string of the molecule is CN1CCC(=C2c3ccccc3CCc3cc(Cl)ccc32)CC1. The molecule has 1 saturated heterocycles. The van der Waals surface area contributed by atoms with E-state index >= 15 is 0 Å². The molecule has 0 spiro atoms. The first kappa shape index (κ1) is 15.0. The van der Waals surface area contributed by atoms with Crippen LogP contribution in [0.1, 0.15) is 35.1 Å². The van der Waals surface area contributed by atoms with E-state index in [1.807, 2.05) is 6.07 Å². The van der Waals surface area contributed by atoms with E-state index in [1.54, 1.807) is 5.57 Å². The molecule has 0 saturated carbocycles. The predicted octanol–water partition coefficient (Wildman–Crippen LogP) is 4.97. The number of hydrogen-bond acceptors (Lipinski definition) is 1. The third kappa shape index (κ3) is 2.84. The summed E-state index contributed by atoms with van der Waals surface area (Å²) in [6.07, 6.45) is 4.51. The third-order valence-corrected chi connectivity index (χ3v) is 5.47. The Balaban J connectivity index is 1.94. The number of halogens is 1. The van der Waals surface area contributed by atoms with Gasteiger partial charge >= 0.3 is 0 Å². The molecule has 1 fully saturated rings. The average Bonchev–Trinajstić information content (AvgIpc) is 2.72. The summed E-state index contributed by atoms with van der Waals surface area (Å²) in [4.78, 5) is 2.43. The molecule has 1 aliphatic carbocycles. The van der Waals surface area contributed by atoms with Crippen LogP contribution in [0.25, 0.3) is 5.57 Å². The fourth-order valence-corrected chi connectivity index (χ4v) is 4.12. The monoisotopic (exact) mass is 323 g/mol. The van der Waals surface area contributed by atoms with E-state index in [1.165, 1.54) is 40.7 Å². The van der Waals surface area contributed by atoms with Gasteiger partial charge in [0.2, 0.25) is 0 Å². The van der Waals surface area contributed by atoms with E-state index in [9.17, 15) is 0 Å². The van der Waals surface area contributed by atoms with Crippen molar-refractivity contribution in [3.8, 4) is 0 Å². The van der Waals surface area contributed by atoms with Crippen LogP contribution in [-0.4, -0.2) is 25.0 Å². The molecule has 2 aromatic carbocycles. The topological polar surface area (TPSA) is 3.24 Å². The van der Waals surface area contributed by atoms with Gasteiger partial charge in [-0.25, -0.2) is 0 Å². The highest BCUT2D eigenvalue weighted by molar-refractivity contribution is 6.30. The molecule has 1 aliphatic heterocycles. The molecule has 2 aromatic rings. The van der Waals surface area contributed by atoms with Crippen LogP contribution in [0.15, 0.2) is 48.0 Å². The standard InChI is InChI=1S/C21H22ClN/c1-23-12-10-16(11-13-23)21-19-5-3-2-4-15(19)6-7-17-14-18(22)8-9-20(17)21/h2-5,8-9,14H,6-7,10-13H2,1H3. The number of aryl methyl sites for hydroxylation is 2. The van der Waals surface area contributed by atoms with E-state index < -0.39 is 0 Å². The van der Waals surface area contributed by atoms with E-state index in [4.69, 9.17) is 11.6 Å². The maximum absolute atomic E-state index is 6.27. The zero-order valence-electron chi connectivity index (χ0n) is 13.6. The second kappa shape index (κ2) is 6.14. The van der Waals surface area contributed by atoms with Crippen molar-refractivity contribution in [2.24, 2.45) is 0 Å². The zero-order chi connectivity index (χ0) is 15.8. The first-order chi connectivity index (χ1) is 11.2. The lowest BCUT2D eigenvalue weighted by Gasteiger charge is -2.27. The second-order valence-electron chi connectivity index (χ2n) is 6.74. The van der Waals surface area contributed by atoms with Gasteiger partial charge in [0.15, 0.2) is 0 Å². The van der Waals surface area contributed by atoms with Gasteiger partial charge in [0.25, 0.3) is 0 Å². The van der Waals surface area contributed by atoms with E-state index in [2.05, 4.69) is 48.3 Å². The fraction of sp³-hybridized carbons (Fsp3) is 0.333. The highest BCUT2D eigenvalue weighted by atomic mass is 35.5. The molecule has 4 rings (SSSR count). The van der Waals surface area contributed by atoms with Crippen molar-refractivity contribution in [1.29, 1.82) is 0 Å². The molecular weight excluding hydrogens is 302 g/mol. The highest BCUT2D eigenvalue weighted by Gasteiger charge is 2.23. The molecule has 1 heterocycles. The summed E-state index contributed by atoms with van der Waals surface area (Å²) >= 11 is 6.27. The molecule has 118 valence electrons. The van der Waals surface area contributed by atoms with Crippen molar-refractivity contribution in [2.45, 2.75) is 25.7 Å². The molecule has 0 radical (unpaired) electrons. The van der Waals surface area contributed by atoms with Crippen LogP contribution < -0.4 is 0 Å². The maximum atomic E-state index is 6.27. The van der Waals surface area contributed by atoms with Gasteiger partial charge in [0, 0.05) is 18.1 Å². The number of nitrogens with zero attached hydrogens (tertiary/aromatic N) is 1. The molecule has 0 unspecified atom stereocenters. The summed E-state index contributed by atoms with van der Waals surface area (Å²) in [6, 6.07) is 15.4. The van der Waals surface area contributed by atoms with Crippen LogP contribution in [-0.2, 0) is 12.8 Å². The highest BCUT2D eigenvalue weighted by Crippen LogP contribution is 2.39. The van der Waals surface area contributed by atoms with E-state index in [-0.39, 0.29) is 0 Å². The molecule has 0 aromatic heterocycles. The molecular formula is C21H22ClN. The number of rotatable bonds is 0. The molecule has 23 heavy (non-hydrogen) atoms. The van der Waals surface area contributed by atoms with Crippen LogP contribution in [0.5, 0.6) is 0 Å². The molecule has 0 amide bonds. The lowest BCUT2D eigenvalue weighted by atomic mass is 9.86. The van der Waals surface area contributed by atoms with Crippen LogP contribution >= 0.6 is 11.6 Å². The van der Waals surface area contributed by atoms with Crippen LogP contribution in [0.3, 0.4) is 0 Å². The van der Waals surface area contributed by atoms with Gasteiger partial charge in [-0.15, -0.1) is 0 Å². The second-order valence-corrected chi connectivity index (χ2v) is 7.18. The van der Waals surface area contributed by atoms with E-state index in [0.29, 0.717) is 0 Å². The summed E-state index contributed by atoms with van der Waals surface area (Å²) < 4.78 is 0. The maximum Gasteiger partial charge on any atom is 0.0409 e. The van der Waals surface area contributed by atoms with E-state index in [0.717, 1.165) is 31.0 Å². The summed E-state index contributed by atoms with van der Waals surface area (Å²) in [5.41, 5.74) is 8.81. The van der Waals surface area contributed by atoms with Crippen molar-refractivity contribution in [1.82, 2.24) is 4.90 Å². The minimum absolute atomic E-state index is 0.849. The number of likely N-dealkylation sites (tertiary alicyclic amines) is 1. The summed E-state index contributed by atoms with van der Waals surface area (Å²) in [5, 5.41) is 0.849. The third-order valence-electron chi connectivity index (χ3n) is 5.23. The van der Waals surface area contributed by atoms with Crippen LogP contribution in [0, 0.1) is 0 Å². The summed E-state index contributed by atoms with van der Waals surface area (Å²) in [5.74, 6) is 0. The fourth-order valence-electron chi connectivity index (χ4n) is 3.93.